The Bertz CT molecular complexity index is 297. The normalized spacial score (nSPS) is 12.2. The van der Waals surface area contributed by atoms with Gasteiger partial charge in [0.25, 0.3) is 0 Å². The summed E-state index contributed by atoms with van der Waals surface area (Å²) in [7, 11) is 1.55. The van der Waals surface area contributed by atoms with Gasteiger partial charge in [-0.3, -0.25) is 0 Å². The predicted octanol–water partition coefficient (Wildman–Crippen LogP) is 1.23. The van der Waals surface area contributed by atoms with Crippen LogP contribution in [0.5, 0.6) is 0 Å². The highest BCUT2D eigenvalue weighted by Gasteiger charge is 2.18. The molecule has 0 heterocycles. The van der Waals surface area contributed by atoms with Gasteiger partial charge >= 0.3 is 12.0 Å². The SMILES string of the molecule is COCCCC(NC(=O)NCCCOCC(C)C)C(=O)O. The number of nitrogens with one attached hydrogen (secondary N) is 2. The van der Waals surface area contributed by atoms with Gasteiger partial charge in [-0.2, -0.15) is 0 Å². The number of amides is 2. The van der Waals surface area contributed by atoms with Gasteiger partial charge in [0, 0.05) is 33.5 Å². The molecule has 1 atom stereocenters. The van der Waals surface area contributed by atoms with Crippen LogP contribution in [0.15, 0.2) is 0 Å². The Hall–Kier alpha value is -1.34. The first-order valence-electron chi connectivity index (χ1n) is 7.31. The van der Waals surface area contributed by atoms with Crippen molar-refractivity contribution in [2.45, 2.75) is 39.2 Å². The largest absolute Gasteiger partial charge is 0.480 e. The van der Waals surface area contributed by atoms with Crippen molar-refractivity contribution in [3.8, 4) is 0 Å². The molecule has 0 aromatic carbocycles. The van der Waals surface area contributed by atoms with Crippen LogP contribution in [0, 0.1) is 5.92 Å². The van der Waals surface area contributed by atoms with Crippen molar-refractivity contribution >= 4 is 12.0 Å². The number of hydrogen-bond acceptors (Lipinski definition) is 4. The monoisotopic (exact) mass is 304 g/mol. The van der Waals surface area contributed by atoms with Gasteiger partial charge in [-0.1, -0.05) is 13.8 Å². The van der Waals surface area contributed by atoms with Gasteiger partial charge in [-0.05, 0) is 25.2 Å². The molecule has 0 aliphatic carbocycles. The Labute approximate surface area is 126 Å². The van der Waals surface area contributed by atoms with Crippen molar-refractivity contribution in [2.75, 3.05) is 33.5 Å². The van der Waals surface area contributed by atoms with E-state index in [2.05, 4.69) is 24.5 Å². The minimum atomic E-state index is -1.04. The molecule has 0 saturated heterocycles. The molecule has 0 saturated carbocycles. The fraction of sp³-hybridized carbons (Fsp3) is 0.857. The van der Waals surface area contributed by atoms with Crippen LogP contribution < -0.4 is 10.6 Å². The van der Waals surface area contributed by atoms with E-state index >= 15 is 0 Å². The molecule has 0 radical (unpaired) electrons. The van der Waals surface area contributed by atoms with Crippen molar-refractivity contribution < 1.29 is 24.2 Å². The first-order valence-corrected chi connectivity index (χ1v) is 7.31. The summed E-state index contributed by atoms with van der Waals surface area (Å²) in [6.45, 7) is 6.35. The second-order valence-electron chi connectivity index (χ2n) is 5.25. The third kappa shape index (κ3) is 12.1. The molecule has 2 amide bonds. The summed E-state index contributed by atoms with van der Waals surface area (Å²) in [5.41, 5.74) is 0. The van der Waals surface area contributed by atoms with Gasteiger partial charge in [-0.15, -0.1) is 0 Å². The van der Waals surface area contributed by atoms with Gasteiger partial charge in [0.2, 0.25) is 0 Å². The molecule has 0 aliphatic heterocycles. The van der Waals surface area contributed by atoms with Crippen molar-refractivity contribution in [3.63, 3.8) is 0 Å². The molecule has 124 valence electrons. The molecule has 0 aliphatic rings. The maximum atomic E-state index is 11.6. The van der Waals surface area contributed by atoms with E-state index in [-0.39, 0.29) is 0 Å². The van der Waals surface area contributed by atoms with Crippen molar-refractivity contribution in [1.82, 2.24) is 10.6 Å². The van der Waals surface area contributed by atoms with E-state index in [1.54, 1.807) is 7.11 Å². The number of rotatable bonds is 12. The number of hydrogen-bond donors (Lipinski definition) is 3. The lowest BCUT2D eigenvalue weighted by Gasteiger charge is -2.15. The summed E-state index contributed by atoms with van der Waals surface area (Å²) in [5, 5.41) is 14.1. The quantitative estimate of drug-likeness (QED) is 0.471. The van der Waals surface area contributed by atoms with E-state index in [0.717, 1.165) is 0 Å². The Morgan fingerprint density at radius 1 is 1.19 bits per heavy atom. The van der Waals surface area contributed by atoms with Gasteiger partial charge in [-0.25, -0.2) is 9.59 Å². The molecule has 0 rings (SSSR count). The van der Waals surface area contributed by atoms with Crippen LogP contribution in [0.3, 0.4) is 0 Å². The maximum Gasteiger partial charge on any atom is 0.326 e. The van der Waals surface area contributed by atoms with Crippen molar-refractivity contribution in [1.29, 1.82) is 0 Å². The number of carboxylic acid groups (broad SMARTS) is 1. The van der Waals surface area contributed by atoms with E-state index in [4.69, 9.17) is 14.6 Å². The maximum absolute atomic E-state index is 11.6. The number of carbonyl (C=O) groups excluding carboxylic acids is 1. The molecule has 7 heteroatoms. The second kappa shape index (κ2) is 12.4. The van der Waals surface area contributed by atoms with Crippen LogP contribution in [0.4, 0.5) is 4.79 Å². The topological polar surface area (TPSA) is 96.9 Å². The van der Waals surface area contributed by atoms with Crippen LogP contribution in [0.25, 0.3) is 0 Å². The van der Waals surface area contributed by atoms with Gasteiger partial charge in [0.15, 0.2) is 0 Å². The highest BCUT2D eigenvalue weighted by atomic mass is 16.5. The van der Waals surface area contributed by atoms with Crippen molar-refractivity contribution in [2.24, 2.45) is 5.92 Å². The lowest BCUT2D eigenvalue weighted by atomic mass is 10.1. The number of ether oxygens (including phenoxy) is 2. The van der Waals surface area contributed by atoms with Crippen LogP contribution >= 0.6 is 0 Å². The minimum absolute atomic E-state index is 0.341. The molecule has 1 unspecified atom stereocenters. The van der Waals surface area contributed by atoms with E-state index in [1.165, 1.54) is 0 Å². The van der Waals surface area contributed by atoms with Crippen LogP contribution in [0.1, 0.15) is 33.1 Å². The van der Waals surface area contributed by atoms with Gasteiger partial charge in [0.1, 0.15) is 6.04 Å². The van der Waals surface area contributed by atoms with Gasteiger partial charge in [0.05, 0.1) is 0 Å². The average molecular weight is 304 g/mol. The Balaban J connectivity index is 3.75. The lowest BCUT2D eigenvalue weighted by molar-refractivity contribution is -0.139. The predicted molar refractivity (Wildman–Crippen MR) is 79.3 cm³/mol. The summed E-state index contributed by atoms with van der Waals surface area (Å²) in [5.74, 6) is -0.550. The van der Waals surface area contributed by atoms with Crippen LogP contribution in [-0.4, -0.2) is 56.6 Å². The van der Waals surface area contributed by atoms with Crippen molar-refractivity contribution in [3.05, 3.63) is 0 Å². The molecular weight excluding hydrogens is 276 g/mol. The second-order valence-corrected chi connectivity index (χ2v) is 5.25. The Morgan fingerprint density at radius 3 is 2.48 bits per heavy atom. The smallest absolute Gasteiger partial charge is 0.326 e. The van der Waals surface area contributed by atoms with Gasteiger partial charge < -0.3 is 25.2 Å². The van der Waals surface area contributed by atoms with E-state index in [9.17, 15) is 9.59 Å². The Kier molecular flexibility index (Phi) is 11.6. The first kappa shape index (κ1) is 19.7. The zero-order valence-electron chi connectivity index (χ0n) is 13.2. The van der Waals surface area contributed by atoms with E-state index in [1.807, 2.05) is 0 Å². The molecule has 0 bridgehead atoms. The summed E-state index contributed by atoms with van der Waals surface area (Å²) in [6.07, 6.45) is 1.62. The molecule has 0 spiro atoms. The third-order valence-electron chi connectivity index (χ3n) is 2.65. The summed E-state index contributed by atoms with van der Waals surface area (Å²) < 4.78 is 10.2. The highest BCUT2D eigenvalue weighted by molar-refractivity contribution is 5.82. The highest BCUT2D eigenvalue weighted by Crippen LogP contribution is 1.98. The average Bonchev–Trinajstić information content (AvgIpc) is 2.41. The van der Waals surface area contributed by atoms with E-state index in [0.29, 0.717) is 51.5 Å². The molecule has 0 aromatic rings. The molecular formula is C14H28N2O5. The lowest BCUT2D eigenvalue weighted by Crippen LogP contribution is -2.46. The summed E-state index contributed by atoms with van der Waals surface area (Å²) in [4.78, 5) is 22.6. The molecule has 21 heavy (non-hydrogen) atoms. The molecule has 0 aromatic heterocycles. The summed E-state index contributed by atoms with van der Waals surface area (Å²) >= 11 is 0. The standard InChI is InChI=1S/C14H28N2O5/c1-11(2)10-21-9-5-7-15-14(19)16-12(13(17)18)6-4-8-20-3/h11-12H,4-10H2,1-3H3,(H,17,18)(H2,15,16,19). The number of methoxy groups -OCH3 is 1. The van der Waals surface area contributed by atoms with E-state index < -0.39 is 18.0 Å². The number of carbonyl (C=O) groups is 2. The minimum Gasteiger partial charge on any atom is -0.480 e. The first-order chi connectivity index (χ1) is 9.97. The number of urea groups is 1. The zero-order valence-corrected chi connectivity index (χ0v) is 13.2. The zero-order chi connectivity index (χ0) is 16.1. The van der Waals surface area contributed by atoms with Crippen LogP contribution in [-0.2, 0) is 14.3 Å². The molecule has 0 fully saturated rings. The Morgan fingerprint density at radius 2 is 1.90 bits per heavy atom. The number of aliphatic carboxylic acids is 1. The number of carboxylic acids is 1. The third-order valence-corrected chi connectivity index (χ3v) is 2.65. The molecule has 7 nitrogen and oxygen atoms in total. The fourth-order valence-electron chi connectivity index (χ4n) is 1.59. The molecule has 3 N–H and O–H groups in total. The van der Waals surface area contributed by atoms with Crippen LogP contribution in [0.2, 0.25) is 0 Å². The fourth-order valence-corrected chi connectivity index (χ4v) is 1.59. The summed E-state index contributed by atoms with van der Waals surface area (Å²) in [6, 6.07) is -1.36.